The zero-order chi connectivity index (χ0) is 18.9. The average Bonchev–Trinajstić information content (AvgIpc) is 2.73. The number of carbonyl (C=O) groups excluding carboxylic acids is 1. The van der Waals surface area contributed by atoms with E-state index < -0.39 is 0 Å². The van der Waals surface area contributed by atoms with Crippen molar-refractivity contribution in [1.29, 1.82) is 5.26 Å². The van der Waals surface area contributed by atoms with E-state index in [1.54, 1.807) is 6.08 Å². The molecule has 0 aliphatic heterocycles. The number of hydrogen-bond acceptors (Lipinski definition) is 3. The van der Waals surface area contributed by atoms with Gasteiger partial charge in [0, 0.05) is 17.9 Å². The molecule has 0 saturated carbocycles. The molecule has 0 fully saturated rings. The quantitative estimate of drug-likeness (QED) is 0.501. The molecular formula is C23H19N3O. The third-order valence-electron chi connectivity index (χ3n) is 3.95. The van der Waals surface area contributed by atoms with Crippen molar-refractivity contribution >= 4 is 23.4 Å². The average molecular weight is 353 g/mol. The van der Waals surface area contributed by atoms with Crippen LogP contribution < -0.4 is 10.6 Å². The van der Waals surface area contributed by atoms with Gasteiger partial charge in [-0.1, -0.05) is 60.7 Å². The first-order valence-corrected chi connectivity index (χ1v) is 8.60. The van der Waals surface area contributed by atoms with Gasteiger partial charge < -0.3 is 10.6 Å². The molecule has 0 heterocycles. The Kier molecular flexibility index (Phi) is 6.00. The molecule has 4 nitrogen and oxygen atoms in total. The zero-order valence-corrected chi connectivity index (χ0v) is 14.7. The van der Waals surface area contributed by atoms with E-state index >= 15 is 0 Å². The summed E-state index contributed by atoms with van der Waals surface area (Å²) in [4.78, 5) is 12.2. The molecule has 3 rings (SSSR count). The highest BCUT2D eigenvalue weighted by atomic mass is 16.1. The van der Waals surface area contributed by atoms with E-state index in [1.807, 2.05) is 91.0 Å². The topological polar surface area (TPSA) is 64.9 Å². The van der Waals surface area contributed by atoms with Gasteiger partial charge in [0.05, 0.1) is 0 Å². The van der Waals surface area contributed by atoms with Gasteiger partial charge in [0.25, 0.3) is 5.91 Å². The number of carbonyl (C=O) groups is 1. The van der Waals surface area contributed by atoms with Crippen LogP contribution >= 0.6 is 0 Å². The molecular weight excluding hydrogens is 334 g/mol. The third kappa shape index (κ3) is 5.32. The SMILES string of the molecule is N#C/C(=C\c1ccc(Nc2ccccc2)cc1)C(=O)NCc1ccccc1. The fourth-order valence-corrected chi connectivity index (χ4v) is 2.54. The minimum Gasteiger partial charge on any atom is -0.356 e. The first kappa shape index (κ1) is 18.0. The molecule has 3 aromatic carbocycles. The fourth-order valence-electron chi connectivity index (χ4n) is 2.54. The number of para-hydroxylation sites is 1. The summed E-state index contributed by atoms with van der Waals surface area (Å²) in [7, 11) is 0. The van der Waals surface area contributed by atoms with E-state index in [9.17, 15) is 10.1 Å². The Balaban J connectivity index is 1.64. The number of benzene rings is 3. The number of hydrogen-bond donors (Lipinski definition) is 2. The van der Waals surface area contributed by atoms with Gasteiger partial charge in [0.1, 0.15) is 11.6 Å². The molecule has 2 N–H and O–H groups in total. The van der Waals surface area contributed by atoms with Crippen LogP contribution in [0.5, 0.6) is 0 Å². The lowest BCUT2D eigenvalue weighted by Crippen LogP contribution is -2.23. The van der Waals surface area contributed by atoms with Gasteiger partial charge in [0.2, 0.25) is 0 Å². The van der Waals surface area contributed by atoms with Crippen LogP contribution in [0.15, 0.2) is 90.5 Å². The van der Waals surface area contributed by atoms with Crippen molar-refractivity contribution < 1.29 is 4.79 Å². The number of amides is 1. The predicted molar refractivity (Wildman–Crippen MR) is 108 cm³/mol. The number of anilines is 2. The lowest BCUT2D eigenvalue weighted by Gasteiger charge is -2.07. The number of rotatable bonds is 6. The molecule has 0 aliphatic carbocycles. The second-order valence-corrected chi connectivity index (χ2v) is 5.95. The first-order chi connectivity index (χ1) is 13.2. The van der Waals surface area contributed by atoms with Crippen LogP contribution in [-0.2, 0) is 11.3 Å². The number of nitrogens with one attached hydrogen (secondary N) is 2. The Morgan fingerprint density at radius 2 is 1.44 bits per heavy atom. The third-order valence-corrected chi connectivity index (χ3v) is 3.95. The summed E-state index contributed by atoms with van der Waals surface area (Å²) in [6, 6.07) is 29.0. The molecule has 0 aromatic heterocycles. The van der Waals surface area contributed by atoms with E-state index in [4.69, 9.17) is 0 Å². The zero-order valence-electron chi connectivity index (χ0n) is 14.7. The van der Waals surface area contributed by atoms with E-state index in [2.05, 4.69) is 10.6 Å². The Morgan fingerprint density at radius 1 is 0.852 bits per heavy atom. The second-order valence-electron chi connectivity index (χ2n) is 5.95. The van der Waals surface area contributed by atoms with Crippen molar-refractivity contribution in [2.24, 2.45) is 0 Å². The molecule has 27 heavy (non-hydrogen) atoms. The lowest BCUT2D eigenvalue weighted by atomic mass is 10.1. The van der Waals surface area contributed by atoms with Gasteiger partial charge >= 0.3 is 0 Å². The van der Waals surface area contributed by atoms with Crippen molar-refractivity contribution in [3.05, 3.63) is 102 Å². The first-order valence-electron chi connectivity index (χ1n) is 8.60. The minimum atomic E-state index is -0.382. The molecule has 1 amide bonds. The van der Waals surface area contributed by atoms with Crippen molar-refractivity contribution in [3.8, 4) is 6.07 Å². The van der Waals surface area contributed by atoms with Crippen LogP contribution in [-0.4, -0.2) is 5.91 Å². The predicted octanol–water partition coefficient (Wildman–Crippen LogP) is 4.65. The Hall–Kier alpha value is -3.84. The van der Waals surface area contributed by atoms with Gasteiger partial charge in [0.15, 0.2) is 0 Å². The normalized spacial score (nSPS) is 10.7. The maximum absolute atomic E-state index is 12.2. The van der Waals surface area contributed by atoms with E-state index in [-0.39, 0.29) is 11.5 Å². The van der Waals surface area contributed by atoms with Crippen LogP contribution in [0, 0.1) is 11.3 Å². The summed E-state index contributed by atoms with van der Waals surface area (Å²) in [5.41, 5.74) is 3.79. The molecule has 0 radical (unpaired) electrons. The van der Waals surface area contributed by atoms with Crippen molar-refractivity contribution in [2.45, 2.75) is 6.54 Å². The Morgan fingerprint density at radius 3 is 2.07 bits per heavy atom. The highest BCUT2D eigenvalue weighted by Crippen LogP contribution is 2.17. The summed E-state index contributed by atoms with van der Waals surface area (Å²) in [5, 5.41) is 15.4. The summed E-state index contributed by atoms with van der Waals surface area (Å²) < 4.78 is 0. The molecule has 0 saturated heterocycles. The van der Waals surface area contributed by atoms with Crippen LogP contribution in [0.2, 0.25) is 0 Å². The monoisotopic (exact) mass is 353 g/mol. The molecule has 132 valence electrons. The van der Waals surface area contributed by atoms with Crippen LogP contribution in [0.4, 0.5) is 11.4 Å². The lowest BCUT2D eigenvalue weighted by molar-refractivity contribution is -0.117. The van der Waals surface area contributed by atoms with E-state index in [1.165, 1.54) is 0 Å². The molecule has 0 spiro atoms. The van der Waals surface area contributed by atoms with Crippen molar-refractivity contribution in [1.82, 2.24) is 5.32 Å². The van der Waals surface area contributed by atoms with Gasteiger partial charge in [-0.3, -0.25) is 4.79 Å². The number of nitrogens with zero attached hydrogens (tertiary/aromatic N) is 1. The summed E-state index contributed by atoms with van der Waals surface area (Å²) in [6.45, 7) is 0.388. The molecule has 0 bridgehead atoms. The summed E-state index contributed by atoms with van der Waals surface area (Å²) in [6.07, 6.45) is 1.59. The maximum Gasteiger partial charge on any atom is 0.262 e. The van der Waals surface area contributed by atoms with Crippen molar-refractivity contribution in [2.75, 3.05) is 5.32 Å². The van der Waals surface area contributed by atoms with Gasteiger partial charge in [-0.15, -0.1) is 0 Å². The largest absolute Gasteiger partial charge is 0.356 e. The molecule has 4 heteroatoms. The van der Waals surface area contributed by atoms with Crippen LogP contribution in [0.3, 0.4) is 0 Å². The summed E-state index contributed by atoms with van der Waals surface area (Å²) in [5.74, 6) is -0.382. The van der Waals surface area contributed by atoms with E-state index in [0.29, 0.717) is 6.54 Å². The smallest absolute Gasteiger partial charge is 0.262 e. The molecule has 3 aromatic rings. The number of nitriles is 1. The van der Waals surface area contributed by atoms with E-state index in [0.717, 1.165) is 22.5 Å². The molecule has 0 unspecified atom stereocenters. The van der Waals surface area contributed by atoms with Gasteiger partial charge in [-0.2, -0.15) is 5.26 Å². The Bertz CT molecular complexity index is 956. The fraction of sp³-hybridized carbons (Fsp3) is 0.0435. The maximum atomic E-state index is 12.2. The van der Waals surface area contributed by atoms with Crippen LogP contribution in [0.25, 0.3) is 6.08 Å². The van der Waals surface area contributed by atoms with Gasteiger partial charge in [-0.05, 0) is 41.5 Å². The van der Waals surface area contributed by atoms with Crippen LogP contribution in [0.1, 0.15) is 11.1 Å². The molecule has 0 atom stereocenters. The second kappa shape index (κ2) is 9.02. The van der Waals surface area contributed by atoms with Crippen molar-refractivity contribution in [3.63, 3.8) is 0 Å². The highest BCUT2D eigenvalue weighted by molar-refractivity contribution is 6.01. The standard InChI is InChI=1S/C23H19N3O/c24-16-20(23(27)25-17-19-7-3-1-4-8-19)15-18-11-13-22(14-12-18)26-21-9-5-2-6-10-21/h1-15,26H,17H2,(H,25,27)/b20-15+. The molecule has 0 aliphatic rings. The Labute approximate surface area is 158 Å². The minimum absolute atomic E-state index is 0.0784. The van der Waals surface area contributed by atoms with Gasteiger partial charge in [-0.25, -0.2) is 0 Å². The summed E-state index contributed by atoms with van der Waals surface area (Å²) >= 11 is 0. The highest BCUT2D eigenvalue weighted by Gasteiger charge is 2.08.